The Morgan fingerprint density at radius 3 is 2.35 bits per heavy atom. The first kappa shape index (κ1) is 14.5. The minimum atomic E-state index is -0.0672. The second-order valence-corrected chi connectivity index (χ2v) is 6.10. The molecule has 1 aliphatic heterocycles. The van der Waals surface area contributed by atoms with Crippen molar-refractivity contribution >= 4 is 5.91 Å². The van der Waals surface area contributed by atoms with Gasteiger partial charge in [-0.2, -0.15) is 0 Å². The Balaban J connectivity index is 2.48. The molecule has 0 bridgehead atoms. The van der Waals surface area contributed by atoms with Crippen LogP contribution in [0.2, 0.25) is 0 Å². The van der Waals surface area contributed by atoms with Gasteiger partial charge < -0.3 is 15.0 Å². The van der Waals surface area contributed by atoms with Crippen LogP contribution >= 0.6 is 0 Å². The van der Waals surface area contributed by atoms with E-state index in [1.807, 2.05) is 14.1 Å². The summed E-state index contributed by atoms with van der Waals surface area (Å²) in [6.45, 7) is 8.92. The Kier molecular flexibility index (Phi) is 4.95. The van der Waals surface area contributed by atoms with Crippen LogP contribution in [-0.2, 0) is 9.53 Å². The molecule has 1 aliphatic rings. The highest BCUT2D eigenvalue weighted by Crippen LogP contribution is 2.25. The first-order valence-electron chi connectivity index (χ1n) is 6.36. The third-order valence-corrected chi connectivity index (χ3v) is 3.12. The summed E-state index contributed by atoms with van der Waals surface area (Å²) in [6, 6.07) is -0.0672. The number of rotatable bonds is 6. The summed E-state index contributed by atoms with van der Waals surface area (Å²) in [5, 5.41) is 3.40. The molecule has 1 saturated heterocycles. The van der Waals surface area contributed by atoms with Crippen LogP contribution in [0.15, 0.2) is 0 Å². The van der Waals surface area contributed by atoms with Gasteiger partial charge in [0, 0.05) is 26.1 Å². The molecule has 0 aliphatic carbocycles. The van der Waals surface area contributed by atoms with Gasteiger partial charge in [-0.1, -0.05) is 20.8 Å². The number of amides is 1. The molecule has 0 aromatic rings. The maximum absolute atomic E-state index is 12.0. The lowest BCUT2D eigenvalue weighted by Gasteiger charge is -2.39. The number of carbonyl (C=O) groups excluding carboxylic acids is 1. The zero-order chi connectivity index (χ0) is 13.1. The lowest BCUT2D eigenvalue weighted by molar-refractivity contribution is -0.133. The molecule has 1 amide bonds. The molecular formula is C13H26N2O2. The van der Waals surface area contributed by atoms with Crippen LogP contribution in [0, 0.1) is 11.3 Å². The highest BCUT2D eigenvalue weighted by atomic mass is 16.5. The van der Waals surface area contributed by atoms with Crippen LogP contribution in [0.25, 0.3) is 0 Å². The second kappa shape index (κ2) is 5.83. The molecule has 1 atom stereocenters. The largest absolute Gasteiger partial charge is 0.380 e. The van der Waals surface area contributed by atoms with Crippen LogP contribution in [0.5, 0.6) is 0 Å². The zero-order valence-electron chi connectivity index (χ0n) is 11.7. The molecule has 0 spiro atoms. The maximum atomic E-state index is 12.0. The molecular weight excluding hydrogens is 216 g/mol. The van der Waals surface area contributed by atoms with Crippen LogP contribution in [-0.4, -0.2) is 50.7 Å². The number of hydrogen-bond donors (Lipinski definition) is 1. The zero-order valence-corrected chi connectivity index (χ0v) is 11.7. The van der Waals surface area contributed by atoms with Crippen molar-refractivity contribution in [3.8, 4) is 0 Å². The molecule has 1 N–H and O–H groups in total. The molecule has 4 nitrogen and oxygen atoms in total. The van der Waals surface area contributed by atoms with Crippen LogP contribution in [0.3, 0.4) is 0 Å². The van der Waals surface area contributed by atoms with Gasteiger partial charge in [0.2, 0.25) is 5.91 Å². The minimum Gasteiger partial charge on any atom is -0.380 e. The summed E-state index contributed by atoms with van der Waals surface area (Å²) in [5.74, 6) is 0.685. The number of nitrogens with zero attached hydrogens (tertiary/aromatic N) is 1. The van der Waals surface area contributed by atoms with Gasteiger partial charge >= 0.3 is 0 Å². The van der Waals surface area contributed by atoms with Gasteiger partial charge in [-0.05, 0) is 12.3 Å². The Morgan fingerprint density at radius 1 is 1.41 bits per heavy atom. The number of ether oxygens (including phenoxy) is 1. The quantitative estimate of drug-likeness (QED) is 0.759. The normalized spacial score (nSPS) is 19.9. The van der Waals surface area contributed by atoms with Crippen LogP contribution < -0.4 is 5.32 Å². The van der Waals surface area contributed by atoms with Gasteiger partial charge in [-0.25, -0.2) is 0 Å². The third-order valence-electron chi connectivity index (χ3n) is 3.12. The van der Waals surface area contributed by atoms with Gasteiger partial charge in [0.25, 0.3) is 0 Å². The van der Waals surface area contributed by atoms with E-state index < -0.39 is 0 Å². The van der Waals surface area contributed by atoms with Crippen molar-refractivity contribution < 1.29 is 9.53 Å². The fraction of sp³-hybridized carbons (Fsp3) is 0.923. The molecule has 0 saturated carbocycles. The van der Waals surface area contributed by atoms with E-state index in [4.69, 9.17) is 4.74 Å². The Hall–Kier alpha value is -0.610. The van der Waals surface area contributed by atoms with E-state index in [9.17, 15) is 4.79 Å². The predicted molar refractivity (Wildman–Crippen MR) is 68.9 cm³/mol. The molecule has 0 aromatic heterocycles. The highest BCUT2D eigenvalue weighted by Gasteiger charge is 2.34. The van der Waals surface area contributed by atoms with Crippen molar-refractivity contribution in [3.63, 3.8) is 0 Å². The minimum absolute atomic E-state index is 0.0672. The number of carbonyl (C=O) groups is 1. The highest BCUT2D eigenvalue weighted by molar-refractivity contribution is 5.81. The first-order valence-corrected chi connectivity index (χ1v) is 6.36. The van der Waals surface area contributed by atoms with E-state index >= 15 is 0 Å². The van der Waals surface area contributed by atoms with E-state index in [1.54, 1.807) is 4.90 Å². The van der Waals surface area contributed by atoms with E-state index in [1.165, 1.54) is 0 Å². The standard InChI is InChI=1S/C13H26N2O2/c1-10(2)6-11(12(16)15(4)5)14-7-13(3)8-17-9-13/h10-11,14H,6-9H2,1-5H3. The summed E-state index contributed by atoms with van der Waals surface area (Å²) in [6.07, 6.45) is 0.883. The molecule has 17 heavy (non-hydrogen) atoms. The molecule has 1 heterocycles. The molecule has 1 fully saturated rings. The monoisotopic (exact) mass is 242 g/mol. The summed E-state index contributed by atoms with van der Waals surface area (Å²) in [5.41, 5.74) is 0.210. The van der Waals surface area contributed by atoms with Gasteiger partial charge in [-0.3, -0.25) is 4.79 Å². The average molecular weight is 242 g/mol. The van der Waals surface area contributed by atoms with Crippen molar-refractivity contribution in [1.29, 1.82) is 0 Å². The number of nitrogens with one attached hydrogen (secondary N) is 1. The fourth-order valence-corrected chi connectivity index (χ4v) is 1.98. The van der Waals surface area contributed by atoms with Crippen molar-refractivity contribution in [1.82, 2.24) is 10.2 Å². The summed E-state index contributed by atoms with van der Waals surface area (Å²) < 4.78 is 5.22. The fourth-order valence-electron chi connectivity index (χ4n) is 1.98. The molecule has 100 valence electrons. The number of hydrogen-bond acceptors (Lipinski definition) is 3. The van der Waals surface area contributed by atoms with E-state index in [0.29, 0.717) is 5.92 Å². The average Bonchev–Trinajstić information content (AvgIpc) is 2.19. The molecule has 0 radical (unpaired) electrons. The van der Waals surface area contributed by atoms with Gasteiger partial charge in [0.15, 0.2) is 0 Å². The molecule has 4 heteroatoms. The number of likely N-dealkylation sites (N-methyl/N-ethyl adjacent to an activating group) is 1. The molecule has 0 aromatic carbocycles. The molecule has 1 rings (SSSR count). The predicted octanol–water partition coefficient (Wildman–Crippen LogP) is 1.12. The van der Waals surface area contributed by atoms with Crippen molar-refractivity contribution in [2.75, 3.05) is 33.9 Å². The Labute approximate surface area is 105 Å². The van der Waals surface area contributed by atoms with Crippen molar-refractivity contribution in [2.45, 2.75) is 33.2 Å². The topological polar surface area (TPSA) is 41.6 Å². The summed E-state index contributed by atoms with van der Waals surface area (Å²) >= 11 is 0. The van der Waals surface area contributed by atoms with E-state index in [-0.39, 0.29) is 17.4 Å². The maximum Gasteiger partial charge on any atom is 0.239 e. The summed E-state index contributed by atoms with van der Waals surface area (Å²) in [4.78, 5) is 13.7. The van der Waals surface area contributed by atoms with Gasteiger partial charge in [0.1, 0.15) is 0 Å². The van der Waals surface area contributed by atoms with Crippen molar-refractivity contribution in [2.24, 2.45) is 11.3 Å². The van der Waals surface area contributed by atoms with E-state index in [2.05, 4.69) is 26.1 Å². The lowest BCUT2D eigenvalue weighted by atomic mass is 9.88. The van der Waals surface area contributed by atoms with Crippen LogP contribution in [0.4, 0.5) is 0 Å². The summed E-state index contributed by atoms with van der Waals surface area (Å²) in [7, 11) is 3.62. The Bertz CT molecular complexity index is 260. The first-order chi connectivity index (χ1) is 7.84. The van der Waals surface area contributed by atoms with Gasteiger partial charge in [-0.15, -0.1) is 0 Å². The van der Waals surface area contributed by atoms with Crippen LogP contribution in [0.1, 0.15) is 27.2 Å². The Morgan fingerprint density at radius 2 is 2.00 bits per heavy atom. The van der Waals surface area contributed by atoms with Gasteiger partial charge in [0.05, 0.1) is 19.3 Å². The van der Waals surface area contributed by atoms with Crippen molar-refractivity contribution in [3.05, 3.63) is 0 Å². The molecule has 1 unspecified atom stereocenters. The van der Waals surface area contributed by atoms with E-state index in [0.717, 1.165) is 26.2 Å². The SMILES string of the molecule is CC(C)CC(NCC1(C)COC1)C(=O)N(C)C. The lowest BCUT2D eigenvalue weighted by Crippen LogP contribution is -2.53. The third kappa shape index (κ3) is 4.28. The second-order valence-electron chi connectivity index (χ2n) is 6.10. The smallest absolute Gasteiger partial charge is 0.239 e.